The third-order valence-corrected chi connectivity index (χ3v) is 6.70. The first kappa shape index (κ1) is 23.9. The molecule has 4 rings (SSSR count). The van der Waals surface area contributed by atoms with E-state index in [1.54, 1.807) is 12.1 Å². The highest BCUT2D eigenvalue weighted by atomic mass is 79.9. The summed E-state index contributed by atoms with van der Waals surface area (Å²) >= 11 is 3.37. The molecule has 3 amide bonds. The lowest BCUT2D eigenvalue weighted by Crippen LogP contribution is -2.48. The van der Waals surface area contributed by atoms with Crippen molar-refractivity contribution in [2.24, 2.45) is 11.8 Å². The van der Waals surface area contributed by atoms with Gasteiger partial charge in [-0.3, -0.25) is 19.3 Å². The molecular weight excluding hydrogens is 500 g/mol. The summed E-state index contributed by atoms with van der Waals surface area (Å²) in [6, 6.07) is 13.4. The largest absolute Gasteiger partial charge is 0.454 e. The van der Waals surface area contributed by atoms with E-state index in [9.17, 15) is 19.2 Å². The number of esters is 1. The number of hydrogen-bond acceptors (Lipinski definition) is 5. The summed E-state index contributed by atoms with van der Waals surface area (Å²) in [4.78, 5) is 52.8. The number of ether oxygens (including phenoxy) is 1. The zero-order chi connectivity index (χ0) is 24.2. The summed E-state index contributed by atoms with van der Waals surface area (Å²) < 4.78 is 6.20. The maximum absolute atomic E-state index is 13.1. The van der Waals surface area contributed by atoms with Crippen molar-refractivity contribution in [1.29, 1.82) is 0 Å². The van der Waals surface area contributed by atoms with Gasteiger partial charge >= 0.3 is 5.97 Å². The molecule has 0 unspecified atom stereocenters. The molecule has 1 aliphatic carbocycles. The van der Waals surface area contributed by atoms with Crippen molar-refractivity contribution in [2.45, 2.75) is 32.2 Å². The van der Waals surface area contributed by atoms with Crippen molar-refractivity contribution in [3.05, 3.63) is 76.3 Å². The number of aryl methyl sites for hydroxylation is 1. The molecule has 0 bridgehead atoms. The number of rotatable bonds is 7. The lowest BCUT2D eigenvalue weighted by Gasteiger charge is -2.25. The van der Waals surface area contributed by atoms with Crippen LogP contribution in [0.4, 0.5) is 5.69 Å². The van der Waals surface area contributed by atoms with Crippen molar-refractivity contribution in [3.63, 3.8) is 0 Å². The maximum Gasteiger partial charge on any atom is 0.330 e. The molecule has 0 spiro atoms. The van der Waals surface area contributed by atoms with E-state index < -0.39 is 36.4 Å². The predicted octanol–water partition coefficient (Wildman–Crippen LogP) is 3.80. The average molecular weight is 525 g/mol. The number of amides is 3. The lowest BCUT2D eigenvalue weighted by atomic mass is 9.85. The first-order chi connectivity index (χ1) is 16.3. The number of allylic oxidation sites excluding steroid dienone is 2. The van der Waals surface area contributed by atoms with Crippen molar-refractivity contribution in [3.8, 4) is 0 Å². The first-order valence-electron chi connectivity index (χ1n) is 11.1. The molecule has 34 heavy (non-hydrogen) atoms. The molecule has 3 atom stereocenters. The van der Waals surface area contributed by atoms with Gasteiger partial charge in [-0.1, -0.05) is 58.4 Å². The molecule has 0 aromatic heterocycles. The van der Waals surface area contributed by atoms with E-state index in [0.717, 1.165) is 20.5 Å². The van der Waals surface area contributed by atoms with E-state index in [0.29, 0.717) is 18.5 Å². The van der Waals surface area contributed by atoms with Gasteiger partial charge in [0.1, 0.15) is 6.04 Å². The van der Waals surface area contributed by atoms with Crippen molar-refractivity contribution < 1.29 is 23.9 Å². The van der Waals surface area contributed by atoms with Gasteiger partial charge in [-0.05, 0) is 49.1 Å². The summed E-state index contributed by atoms with van der Waals surface area (Å²) in [5, 5.41) is 2.72. The van der Waals surface area contributed by atoms with Gasteiger partial charge in [-0.25, -0.2) is 4.79 Å². The van der Waals surface area contributed by atoms with Crippen LogP contribution >= 0.6 is 15.9 Å². The number of likely N-dealkylation sites (tertiary alicyclic amines) is 1. The number of halogens is 1. The highest BCUT2D eigenvalue weighted by Crippen LogP contribution is 2.36. The number of carbonyl (C=O) groups excluding carboxylic acids is 4. The Labute approximate surface area is 206 Å². The third-order valence-electron chi connectivity index (χ3n) is 6.21. The van der Waals surface area contributed by atoms with Gasteiger partial charge in [0.25, 0.3) is 5.91 Å². The summed E-state index contributed by atoms with van der Waals surface area (Å²) in [6.45, 7) is 1.32. The van der Waals surface area contributed by atoms with E-state index >= 15 is 0 Å². The van der Waals surface area contributed by atoms with E-state index in [1.807, 2.05) is 55.5 Å². The minimum atomic E-state index is -1.13. The number of anilines is 1. The van der Waals surface area contributed by atoms with E-state index in [1.165, 1.54) is 0 Å². The Kier molecular flexibility index (Phi) is 7.26. The topological polar surface area (TPSA) is 92.8 Å². The van der Waals surface area contributed by atoms with Gasteiger partial charge in [0, 0.05) is 16.6 Å². The van der Waals surface area contributed by atoms with Crippen LogP contribution in [0.1, 0.15) is 24.0 Å². The summed E-state index contributed by atoms with van der Waals surface area (Å²) in [5.74, 6) is -2.90. The van der Waals surface area contributed by atoms with Crippen LogP contribution in [0.15, 0.2) is 65.2 Å². The van der Waals surface area contributed by atoms with Crippen molar-refractivity contribution >= 4 is 45.3 Å². The quantitative estimate of drug-likeness (QED) is 0.337. The molecule has 2 aromatic carbocycles. The normalized spacial score (nSPS) is 20.1. The number of hydrogen-bond donors (Lipinski definition) is 1. The van der Waals surface area contributed by atoms with Crippen molar-refractivity contribution in [1.82, 2.24) is 4.90 Å². The highest BCUT2D eigenvalue weighted by molar-refractivity contribution is 9.10. The number of fused-ring (bicyclic) bond motifs is 1. The second kappa shape index (κ2) is 10.3. The van der Waals surface area contributed by atoms with Gasteiger partial charge < -0.3 is 10.1 Å². The molecule has 176 valence electrons. The lowest BCUT2D eigenvalue weighted by molar-refractivity contribution is -0.159. The van der Waals surface area contributed by atoms with Crippen LogP contribution in [0.3, 0.4) is 0 Å². The molecule has 1 heterocycles. The fourth-order valence-corrected chi connectivity index (χ4v) is 4.91. The Morgan fingerprint density at radius 1 is 1.06 bits per heavy atom. The van der Waals surface area contributed by atoms with E-state index in [2.05, 4.69) is 21.2 Å². The third kappa shape index (κ3) is 5.12. The van der Waals surface area contributed by atoms with Gasteiger partial charge in [-0.2, -0.15) is 0 Å². The minimum absolute atomic E-state index is 0.122. The van der Waals surface area contributed by atoms with Crippen LogP contribution in [0.2, 0.25) is 0 Å². The molecule has 2 aliphatic rings. The summed E-state index contributed by atoms with van der Waals surface area (Å²) in [5.41, 5.74) is 2.24. The Hall–Kier alpha value is -3.26. The Balaban J connectivity index is 1.48. The van der Waals surface area contributed by atoms with Crippen LogP contribution in [0, 0.1) is 18.8 Å². The molecule has 2 aromatic rings. The minimum Gasteiger partial charge on any atom is -0.454 e. The SMILES string of the molecule is Cc1cc(Br)ccc1NC(=O)COC(=O)[C@H](Cc1ccccc1)N1C(=O)[C@@H]2CC=CC[C@H]2C1=O. The molecular formula is C26H25BrN2O5. The number of benzene rings is 2. The second-order valence-corrected chi connectivity index (χ2v) is 9.44. The summed E-state index contributed by atoms with van der Waals surface area (Å²) in [7, 11) is 0. The van der Waals surface area contributed by atoms with E-state index in [-0.39, 0.29) is 18.2 Å². The molecule has 1 aliphatic heterocycles. The standard InChI is InChI=1S/C26H25BrN2O5/c1-16-13-18(27)11-12-21(16)28-23(30)15-34-26(33)22(14-17-7-3-2-4-8-17)29-24(31)19-9-5-6-10-20(19)25(29)32/h2-8,11-13,19-20,22H,9-10,14-15H2,1H3,(H,28,30)/t19-,20-,22+/m1/s1. The zero-order valence-corrected chi connectivity index (χ0v) is 20.3. The molecule has 1 saturated heterocycles. The average Bonchev–Trinajstić information content (AvgIpc) is 3.08. The van der Waals surface area contributed by atoms with Crippen LogP contribution in [-0.4, -0.2) is 41.2 Å². The van der Waals surface area contributed by atoms with Crippen LogP contribution in [0.5, 0.6) is 0 Å². The number of nitrogens with one attached hydrogen (secondary N) is 1. The van der Waals surface area contributed by atoms with Gasteiger partial charge in [0.15, 0.2) is 6.61 Å². The predicted molar refractivity (Wildman–Crippen MR) is 130 cm³/mol. The van der Waals surface area contributed by atoms with Gasteiger partial charge in [0.05, 0.1) is 11.8 Å². The Morgan fingerprint density at radius 3 is 2.32 bits per heavy atom. The fourth-order valence-electron chi connectivity index (χ4n) is 4.44. The number of nitrogens with zero attached hydrogens (tertiary/aromatic N) is 1. The Bertz CT molecular complexity index is 1120. The fraction of sp³-hybridized carbons (Fsp3) is 0.308. The smallest absolute Gasteiger partial charge is 0.330 e. The maximum atomic E-state index is 13.1. The van der Waals surface area contributed by atoms with Crippen LogP contribution < -0.4 is 5.32 Å². The molecule has 7 nitrogen and oxygen atoms in total. The number of imide groups is 1. The molecule has 1 N–H and O–H groups in total. The molecule has 0 radical (unpaired) electrons. The first-order valence-corrected chi connectivity index (χ1v) is 11.9. The zero-order valence-electron chi connectivity index (χ0n) is 18.7. The van der Waals surface area contributed by atoms with Crippen molar-refractivity contribution in [2.75, 3.05) is 11.9 Å². The second-order valence-electron chi connectivity index (χ2n) is 8.52. The summed E-state index contributed by atoms with van der Waals surface area (Å²) in [6.07, 6.45) is 4.88. The van der Waals surface area contributed by atoms with Crippen LogP contribution in [0.25, 0.3) is 0 Å². The molecule has 8 heteroatoms. The molecule has 0 saturated carbocycles. The Morgan fingerprint density at radius 2 is 1.71 bits per heavy atom. The van der Waals surface area contributed by atoms with E-state index in [4.69, 9.17) is 4.74 Å². The molecule has 1 fully saturated rings. The monoisotopic (exact) mass is 524 g/mol. The van der Waals surface area contributed by atoms with Gasteiger partial charge in [0.2, 0.25) is 11.8 Å². The van der Waals surface area contributed by atoms with Gasteiger partial charge in [-0.15, -0.1) is 0 Å². The number of carbonyl (C=O) groups is 4. The highest BCUT2D eigenvalue weighted by Gasteiger charge is 2.51. The van der Waals surface area contributed by atoms with Crippen LogP contribution in [-0.2, 0) is 30.3 Å².